The van der Waals surface area contributed by atoms with Crippen LogP contribution >= 0.6 is 0 Å². The first-order chi connectivity index (χ1) is 10.0. The Kier molecular flexibility index (Phi) is 6.61. The van der Waals surface area contributed by atoms with Gasteiger partial charge in [-0.3, -0.25) is 19.4 Å². The number of hydrogen-bond donors (Lipinski definition) is 1. The van der Waals surface area contributed by atoms with E-state index in [-0.39, 0.29) is 46.2 Å². The number of benzene rings is 1. The van der Waals surface area contributed by atoms with Gasteiger partial charge in [0.05, 0.1) is 0 Å². The monoisotopic (exact) mass is 350 g/mol. The number of carboxylic acids is 1. The summed E-state index contributed by atoms with van der Waals surface area (Å²) in [6, 6.07) is 5.49. The van der Waals surface area contributed by atoms with Crippen LogP contribution in [0, 0.1) is 0 Å². The SMILES string of the molecule is [Cu+].[NH-]C(CCCCN=c1c(=O)c2ccccc2c1=O)C(=O)O. The molecule has 0 fully saturated rings. The van der Waals surface area contributed by atoms with Crippen molar-refractivity contribution in [1.82, 2.24) is 0 Å². The van der Waals surface area contributed by atoms with Gasteiger partial charge in [0.2, 0.25) is 10.9 Å². The van der Waals surface area contributed by atoms with Crippen molar-refractivity contribution in [3.8, 4) is 0 Å². The summed E-state index contributed by atoms with van der Waals surface area (Å²) in [5.74, 6) is -1.14. The van der Waals surface area contributed by atoms with E-state index >= 15 is 0 Å². The van der Waals surface area contributed by atoms with Gasteiger partial charge in [-0.05, 0) is 12.5 Å². The van der Waals surface area contributed by atoms with Crippen molar-refractivity contribution in [3.05, 3.63) is 55.8 Å². The molecule has 0 bridgehead atoms. The van der Waals surface area contributed by atoms with Crippen molar-refractivity contribution in [3.63, 3.8) is 0 Å². The molecule has 2 rings (SSSR count). The van der Waals surface area contributed by atoms with Gasteiger partial charge in [-0.1, -0.05) is 37.1 Å². The molecule has 120 valence electrons. The molecule has 0 heterocycles. The fourth-order valence-corrected chi connectivity index (χ4v) is 2.16. The van der Waals surface area contributed by atoms with Crippen LogP contribution in [-0.4, -0.2) is 23.7 Å². The average molecular weight is 351 g/mol. The van der Waals surface area contributed by atoms with Gasteiger partial charge < -0.3 is 10.8 Å². The second kappa shape index (κ2) is 7.98. The van der Waals surface area contributed by atoms with Crippen molar-refractivity contribution >= 4 is 16.7 Å². The molecule has 6 nitrogen and oxygen atoms in total. The van der Waals surface area contributed by atoms with Crippen LogP contribution in [0.5, 0.6) is 0 Å². The molecule has 0 amide bonds. The maximum Gasteiger partial charge on any atom is 1.00 e. The van der Waals surface area contributed by atoms with E-state index in [1.165, 1.54) is 0 Å². The molecular formula is C15H15CuN2O4. The van der Waals surface area contributed by atoms with E-state index in [4.69, 9.17) is 10.8 Å². The molecular weight excluding hydrogens is 336 g/mol. The van der Waals surface area contributed by atoms with E-state index in [9.17, 15) is 14.4 Å². The predicted octanol–water partition coefficient (Wildman–Crippen LogP) is 1.01. The largest absolute Gasteiger partial charge is 1.00 e. The number of aliphatic carboxylic acids is 1. The quantitative estimate of drug-likeness (QED) is 0.619. The molecule has 0 saturated carbocycles. The fraction of sp³-hybridized carbons (Fsp3) is 0.333. The number of nitrogens with one attached hydrogen (secondary N) is 1. The summed E-state index contributed by atoms with van der Waals surface area (Å²) in [5.41, 5.74) is 6.54. The Labute approximate surface area is 136 Å². The van der Waals surface area contributed by atoms with Crippen LogP contribution in [0.2, 0.25) is 0 Å². The summed E-state index contributed by atoms with van der Waals surface area (Å²) in [7, 11) is 0. The van der Waals surface area contributed by atoms with Gasteiger partial charge in [-0.25, -0.2) is 0 Å². The number of carbonyl (C=O) groups is 1. The van der Waals surface area contributed by atoms with Crippen LogP contribution < -0.4 is 16.2 Å². The molecule has 1 atom stereocenters. The van der Waals surface area contributed by atoms with Gasteiger partial charge in [-0.15, -0.1) is 0 Å². The van der Waals surface area contributed by atoms with Crippen molar-refractivity contribution in [2.24, 2.45) is 4.99 Å². The van der Waals surface area contributed by atoms with Gasteiger partial charge in [0.25, 0.3) is 5.97 Å². The summed E-state index contributed by atoms with van der Waals surface area (Å²) in [6.07, 6.45) is 1.30. The number of fused-ring (bicyclic) bond motifs is 1. The molecule has 0 aliphatic rings. The molecule has 7 heteroatoms. The standard InChI is InChI=1S/C15H15N2O4.Cu/c16-11(15(20)21)7-3-4-8-17-12-13(18)9-5-1-2-6-10(9)14(12)19;/h1-2,5-6,11,16H,3-4,7-8H2,(H,20,21);/q-1;+1. The smallest absolute Gasteiger partial charge is 0.665 e. The zero-order chi connectivity index (χ0) is 15.4. The van der Waals surface area contributed by atoms with Crippen molar-refractivity contribution in [2.45, 2.75) is 25.3 Å². The third-order valence-corrected chi connectivity index (χ3v) is 3.32. The van der Waals surface area contributed by atoms with Gasteiger partial charge in [0.1, 0.15) is 0 Å². The molecule has 1 unspecified atom stereocenters. The Morgan fingerprint density at radius 1 is 1.14 bits per heavy atom. The van der Waals surface area contributed by atoms with Gasteiger partial charge >= 0.3 is 17.1 Å². The summed E-state index contributed by atoms with van der Waals surface area (Å²) in [4.78, 5) is 38.5. The zero-order valence-corrected chi connectivity index (χ0v) is 12.6. The van der Waals surface area contributed by atoms with Crippen LogP contribution in [0.3, 0.4) is 0 Å². The van der Waals surface area contributed by atoms with E-state index in [1.54, 1.807) is 24.3 Å². The maximum absolute atomic E-state index is 12.0. The van der Waals surface area contributed by atoms with Gasteiger partial charge in [0, 0.05) is 17.3 Å². The number of hydrogen-bond acceptors (Lipinski definition) is 4. The second-order valence-electron chi connectivity index (χ2n) is 4.82. The Morgan fingerprint density at radius 3 is 2.18 bits per heavy atom. The fourth-order valence-electron chi connectivity index (χ4n) is 2.16. The first-order valence-electron chi connectivity index (χ1n) is 6.69. The third-order valence-electron chi connectivity index (χ3n) is 3.32. The Hall–Kier alpha value is -1.82. The van der Waals surface area contributed by atoms with Gasteiger partial charge in [0.15, 0.2) is 5.36 Å². The molecule has 0 aliphatic carbocycles. The van der Waals surface area contributed by atoms with E-state index < -0.39 is 12.0 Å². The Bertz CT molecular complexity index is 759. The molecule has 2 N–H and O–H groups in total. The maximum atomic E-state index is 12.0. The van der Waals surface area contributed by atoms with Crippen LogP contribution in [0.15, 0.2) is 38.8 Å². The number of nitrogens with zero attached hydrogens (tertiary/aromatic N) is 1. The summed E-state index contributed by atoms with van der Waals surface area (Å²) in [6.45, 7) is 0.285. The summed E-state index contributed by atoms with van der Waals surface area (Å²) in [5, 5.41) is 9.31. The molecule has 22 heavy (non-hydrogen) atoms. The minimum Gasteiger partial charge on any atom is -0.665 e. The third kappa shape index (κ3) is 3.88. The number of carboxylic acid groups (broad SMARTS) is 1. The normalized spacial score (nSPS) is 11.9. The minimum absolute atomic E-state index is 0. The molecule has 2 aromatic carbocycles. The zero-order valence-electron chi connectivity index (χ0n) is 11.6. The topological polar surface area (TPSA) is 108 Å². The van der Waals surface area contributed by atoms with E-state index in [0.29, 0.717) is 23.6 Å². The number of unbranched alkanes of at least 4 members (excludes halogenated alkanes) is 1. The van der Waals surface area contributed by atoms with E-state index in [1.807, 2.05) is 0 Å². The Balaban J connectivity index is 0.00000242. The van der Waals surface area contributed by atoms with E-state index in [2.05, 4.69) is 4.99 Å². The minimum atomic E-state index is -1.14. The van der Waals surface area contributed by atoms with Crippen LogP contribution in [0.25, 0.3) is 16.5 Å². The van der Waals surface area contributed by atoms with Crippen molar-refractivity contribution in [1.29, 1.82) is 0 Å². The van der Waals surface area contributed by atoms with Crippen LogP contribution in [0.1, 0.15) is 19.3 Å². The average Bonchev–Trinajstić information content (AvgIpc) is 2.71. The molecule has 0 aromatic heterocycles. The van der Waals surface area contributed by atoms with Crippen molar-refractivity contribution < 1.29 is 27.0 Å². The van der Waals surface area contributed by atoms with E-state index in [0.717, 1.165) is 0 Å². The first kappa shape index (κ1) is 18.2. The molecule has 0 aliphatic heterocycles. The van der Waals surface area contributed by atoms with Crippen molar-refractivity contribution in [2.75, 3.05) is 6.54 Å². The molecule has 0 radical (unpaired) electrons. The summed E-state index contributed by atoms with van der Waals surface area (Å²) >= 11 is 0. The molecule has 0 saturated heterocycles. The molecule has 2 aromatic rings. The van der Waals surface area contributed by atoms with Crippen LogP contribution in [0.4, 0.5) is 0 Å². The number of rotatable bonds is 6. The van der Waals surface area contributed by atoms with Gasteiger partial charge in [-0.2, -0.15) is 0 Å². The second-order valence-corrected chi connectivity index (χ2v) is 4.82. The Morgan fingerprint density at radius 2 is 1.68 bits per heavy atom. The first-order valence-corrected chi connectivity index (χ1v) is 6.69. The van der Waals surface area contributed by atoms with Crippen LogP contribution in [-0.2, 0) is 21.9 Å². The predicted molar refractivity (Wildman–Crippen MR) is 78.9 cm³/mol. The molecule has 0 spiro atoms. The summed E-state index contributed by atoms with van der Waals surface area (Å²) < 4.78 is 0.